The van der Waals surface area contributed by atoms with Crippen molar-refractivity contribution in [3.8, 4) is 5.88 Å². The van der Waals surface area contributed by atoms with Crippen LogP contribution in [0.2, 0.25) is 0 Å². The van der Waals surface area contributed by atoms with E-state index in [2.05, 4.69) is 9.98 Å². The summed E-state index contributed by atoms with van der Waals surface area (Å²) in [7, 11) is 0. The number of aliphatic imine (C=N–C) groups is 1. The van der Waals surface area contributed by atoms with Crippen molar-refractivity contribution in [1.82, 2.24) is 4.98 Å². The van der Waals surface area contributed by atoms with Gasteiger partial charge in [0.1, 0.15) is 0 Å². The molecule has 0 aliphatic carbocycles. The summed E-state index contributed by atoms with van der Waals surface area (Å²) in [5.41, 5.74) is 3.77. The Kier molecular flexibility index (Phi) is 2.41. The summed E-state index contributed by atoms with van der Waals surface area (Å²) in [6, 6.07) is 7.80. The average Bonchev–Trinajstić information content (AvgIpc) is 2.81. The molecule has 0 bridgehead atoms. The first-order chi connectivity index (χ1) is 8.65. The number of benzene rings is 1. The zero-order valence-corrected chi connectivity index (χ0v) is 10.4. The number of thiazole rings is 1. The molecule has 2 heterocycles. The van der Waals surface area contributed by atoms with Crippen molar-refractivity contribution in [1.29, 1.82) is 0 Å². The van der Waals surface area contributed by atoms with Gasteiger partial charge in [0.05, 0.1) is 10.6 Å². The van der Waals surface area contributed by atoms with Gasteiger partial charge in [-0.25, -0.2) is 0 Å². The van der Waals surface area contributed by atoms with Gasteiger partial charge < -0.3 is 5.11 Å². The Hall–Kier alpha value is -2.14. The van der Waals surface area contributed by atoms with Crippen molar-refractivity contribution in [3.63, 3.8) is 0 Å². The maximum Gasteiger partial charge on any atom is 0.307 e. The lowest BCUT2D eigenvalue weighted by atomic mass is 10.0. The number of nitrogens with zero attached hydrogens (tertiary/aromatic N) is 1. The van der Waals surface area contributed by atoms with Gasteiger partial charge in [0, 0.05) is 16.8 Å². The van der Waals surface area contributed by atoms with Gasteiger partial charge in [-0.05, 0) is 19.1 Å². The van der Waals surface area contributed by atoms with E-state index in [1.54, 1.807) is 6.08 Å². The molecule has 0 radical (unpaired) electrons. The van der Waals surface area contributed by atoms with Crippen LogP contribution >= 0.6 is 11.3 Å². The number of fused-ring (bicyclic) bond motifs is 1. The van der Waals surface area contributed by atoms with Crippen molar-refractivity contribution >= 4 is 34.4 Å². The summed E-state index contributed by atoms with van der Waals surface area (Å²) in [6.45, 7) is 1.91. The highest BCUT2D eigenvalue weighted by Crippen LogP contribution is 2.36. The van der Waals surface area contributed by atoms with Gasteiger partial charge in [-0.15, -0.1) is 0 Å². The molecule has 0 unspecified atom stereocenters. The topological polar surface area (TPSA) is 65.5 Å². The van der Waals surface area contributed by atoms with E-state index in [-0.39, 0.29) is 10.8 Å². The molecule has 0 atom stereocenters. The third-order valence-electron chi connectivity index (χ3n) is 2.80. The second-order valence-electron chi connectivity index (χ2n) is 4.00. The zero-order valence-electron chi connectivity index (χ0n) is 9.60. The Morgan fingerprint density at radius 3 is 2.89 bits per heavy atom. The third kappa shape index (κ3) is 1.69. The molecule has 90 valence electrons. The number of H-pyrrole nitrogens is 1. The van der Waals surface area contributed by atoms with Gasteiger partial charge in [0.25, 0.3) is 0 Å². The van der Waals surface area contributed by atoms with Gasteiger partial charge >= 0.3 is 4.87 Å². The highest BCUT2D eigenvalue weighted by molar-refractivity contribution is 7.10. The minimum absolute atomic E-state index is 0.0883. The lowest BCUT2D eigenvalue weighted by molar-refractivity contribution is 0.455. The summed E-state index contributed by atoms with van der Waals surface area (Å²) in [4.78, 5) is 18.2. The van der Waals surface area contributed by atoms with E-state index in [1.807, 2.05) is 31.2 Å². The number of rotatable bonds is 1. The number of aromatic amines is 1. The highest BCUT2D eigenvalue weighted by Gasteiger charge is 2.18. The van der Waals surface area contributed by atoms with E-state index in [0.717, 1.165) is 33.9 Å². The van der Waals surface area contributed by atoms with Crippen LogP contribution in [0.1, 0.15) is 17.4 Å². The fraction of sp³-hybridized carbons (Fsp3) is 0.0769. The number of hydrogen-bond acceptors (Lipinski definition) is 4. The van der Waals surface area contributed by atoms with Crippen LogP contribution in [-0.4, -0.2) is 15.8 Å². The van der Waals surface area contributed by atoms with Gasteiger partial charge in [0.15, 0.2) is 0 Å². The molecule has 4 nitrogen and oxygen atoms in total. The van der Waals surface area contributed by atoms with E-state index in [1.165, 1.54) is 0 Å². The number of allylic oxidation sites excluding steroid dienone is 1. The lowest BCUT2D eigenvalue weighted by Gasteiger charge is -2.00. The van der Waals surface area contributed by atoms with Gasteiger partial charge in [0.2, 0.25) is 5.88 Å². The number of aromatic nitrogens is 1. The first kappa shape index (κ1) is 11.0. The fourth-order valence-corrected chi connectivity index (χ4v) is 2.65. The van der Waals surface area contributed by atoms with Crippen LogP contribution in [0.5, 0.6) is 5.88 Å². The number of aromatic hydroxyl groups is 1. The molecular weight excluding hydrogens is 248 g/mol. The smallest absolute Gasteiger partial charge is 0.307 e. The minimum atomic E-state index is -0.264. The van der Waals surface area contributed by atoms with E-state index in [0.29, 0.717) is 4.88 Å². The van der Waals surface area contributed by atoms with Crippen LogP contribution in [0.4, 0.5) is 5.69 Å². The maximum atomic E-state index is 11.2. The summed E-state index contributed by atoms with van der Waals surface area (Å²) in [5.74, 6) is -0.0883. The first-order valence-electron chi connectivity index (χ1n) is 5.44. The molecule has 2 N–H and O–H groups in total. The largest absolute Gasteiger partial charge is 0.493 e. The molecule has 1 aliphatic rings. The highest BCUT2D eigenvalue weighted by atomic mass is 32.1. The van der Waals surface area contributed by atoms with Crippen LogP contribution in [0.25, 0.3) is 11.6 Å². The number of hydrogen-bond donors (Lipinski definition) is 2. The summed E-state index contributed by atoms with van der Waals surface area (Å²) in [6.07, 6.45) is 1.79. The predicted octanol–water partition coefficient (Wildman–Crippen LogP) is 2.79. The average molecular weight is 258 g/mol. The second kappa shape index (κ2) is 3.96. The Morgan fingerprint density at radius 2 is 2.17 bits per heavy atom. The van der Waals surface area contributed by atoms with E-state index < -0.39 is 0 Å². The monoisotopic (exact) mass is 258 g/mol. The van der Waals surface area contributed by atoms with Crippen molar-refractivity contribution < 1.29 is 5.11 Å². The molecule has 18 heavy (non-hydrogen) atoms. The standard InChI is InChI=1S/C13H10N2O2S/c1-7-9(6-11-12(16)15-13(17)18-11)8-4-2-3-5-10(8)14-7/h2-6,16H,1H3,(H,15,17)/b9-6+. The molecule has 0 fully saturated rings. The van der Waals surface area contributed by atoms with Crippen molar-refractivity contribution in [2.24, 2.45) is 4.99 Å². The Labute approximate surface area is 107 Å². The SMILES string of the molecule is CC1=Nc2ccccc2/C1=C/c1sc(=O)[nH]c1O. The number of para-hydroxylation sites is 1. The molecule has 3 rings (SSSR count). The predicted molar refractivity (Wildman–Crippen MR) is 73.7 cm³/mol. The first-order valence-corrected chi connectivity index (χ1v) is 6.25. The van der Waals surface area contributed by atoms with Crippen LogP contribution in [-0.2, 0) is 0 Å². The molecule has 5 heteroatoms. The van der Waals surface area contributed by atoms with Crippen LogP contribution in [0.15, 0.2) is 34.1 Å². The Balaban J connectivity index is 2.16. The van der Waals surface area contributed by atoms with E-state index >= 15 is 0 Å². The number of nitrogens with one attached hydrogen (secondary N) is 1. The van der Waals surface area contributed by atoms with Crippen LogP contribution in [0.3, 0.4) is 0 Å². The van der Waals surface area contributed by atoms with Crippen molar-refractivity contribution in [3.05, 3.63) is 44.4 Å². The quantitative estimate of drug-likeness (QED) is 0.826. The minimum Gasteiger partial charge on any atom is -0.493 e. The molecule has 1 aliphatic heterocycles. The van der Waals surface area contributed by atoms with E-state index in [9.17, 15) is 9.90 Å². The molecule has 0 spiro atoms. The molecule has 2 aromatic rings. The lowest BCUT2D eigenvalue weighted by Crippen LogP contribution is -1.89. The van der Waals surface area contributed by atoms with Crippen LogP contribution < -0.4 is 4.87 Å². The second-order valence-corrected chi connectivity index (χ2v) is 5.01. The third-order valence-corrected chi connectivity index (χ3v) is 3.62. The van der Waals surface area contributed by atoms with Gasteiger partial charge in [-0.1, -0.05) is 29.5 Å². The summed E-state index contributed by atoms with van der Waals surface area (Å²) < 4.78 is 0. The molecule has 0 saturated carbocycles. The Bertz CT molecular complexity index is 737. The Morgan fingerprint density at radius 1 is 1.39 bits per heavy atom. The van der Waals surface area contributed by atoms with Crippen LogP contribution in [0, 0.1) is 0 Å². The fourth-order valence-electron chi connectivity index (χ4n) is 1.98. The summed E-state index contributed by atoms with van der Waals surface area (Å²) in [5, 5.41) is 9.60. The molecular formula is C13H10N2O2S. The zero-order chi connectivity index (χ0) is 12.7. The van der Waals surface area contributed by atoms with Gasteiger partial charge in [-0.2, -0.15) is 0 Å². The summed E-state index contributed by atoms with van der Waals surface area (Å²) >= 11 is 0.985. The molecule has 0 amide bonds. The maximum absolute atomic E-state index is 11.2. The van der Waals surface area contributed by atoms with Crippen molar-refractivity contribution in [2.75, 3.05) is 0 Å². The normalized spacial score (nSPS) is 15.8. The molecule has 1 aromatic heterocycles. The van der Waals surface area contributed by atoms with Crippen molar-refractivity contribution in [2.45, 2.75) is 6.92 Å². The van der Waals surface area contributed by atoms with Gasteiger partial charge in [-0.3, -0.25) is 14.8 Å². The molecule has 1 aromatic carbocycles. The van der Waals surface area contributed by atoms with E-state index in [4.69, 9.17) is 0 Å². The molecule has 0 saturated heterocycles.